The summed E-state index contributed by atoms with van der Waals surface area (Å²) >= 11 is 3.46. The lowest BCUT2D eigenvalue weighted by atomic mass is 9.89. The lowest BCUT2D eigenvalue weighted by molar-refractivity contribution is 0.0776. The molecular weight excluding hydrogens is 354 g/mol. The SMILES string of the molecule is CCn1cc(Br)cc1C(=O)N1C[C@@H](CN)[C@H](c2ccccc2)C1. The van der Waals surface area contributed by atoms with E-state index in [9.17, 15) is 4.79 Å². The van der Waals surface area contributed by atoms with Gasteiger partial charge in [0.05, 0.1) is 0 Å². The van der Waals surface area contributed by atoms with Gasteiger partial charge >= 0.3 is 0 Å². The molecule has 23 heavy (non-hydrogen) atoms. The number of aryl methyl sites for hydroxylation is 1. The minimum Gasteiger partial charge on any atom is -0.343 e. The molecule has 1 fully saturated rings. The average Bonchev–Trinajstić information content (AvgIpc) is 3.18. The third-order valence-corrected chi connectivity index (χ3v) is 5.12. The quantitative estimate of drug-likeness (QED) is 0.892. The molecular formula is C18H22BrN3O. The van der Waals surface area contributed by atoms with Gasteiger partial charge in [-0.3, -0.25) is 4.79 Å². The molecule has 2 heterocycles. The molecule has 2 N–H and O–H groups in total. The van der Waals surface area contributed by atoms with E-state index in [1.165, 1.54) is 5.56 Å². The van der Waals surface area contributed by atoms with Gasteiger partial charge in [0.25, 0.3) is 5.91 Å². The van der Waals surface area contributed by atoms with E-state index in [-0.39, 0.29) is 5.91 Å². The Balaban J connectivity index is 1.83. The van der Waals surface area contributed by atoms with Crippen LogP contribution in [0.2, 0.25) is 0 Å². The molecule has 122 valence electrons. The zero-order valence-electron chi connectivity index (χ0n) is 13.3. The van der Waals surface area contributed by atoms with Crippen molar-refractivity contribution >= 4 is 21.8 Å². The van der Waals surface area contributed by atoms with Crippen LogP contribution >= 0.6 is 15.9 Å². The molecule has 0 saturated carbocycles. The smallest absolute Gasteiger partial charge is 0.270 e. The molecule has 1 aromatic carbocycles. The molecule has 1 aromatic heterocycles. The van der Waals surface area contributed by atoms with Gasteiger partial charge in [-0.25, -0.2) is 0 Å². The highest BCUT2D eigenvalue weighted by Crippen LogP contribution is 2.33. The topological polar surface area (TPSA) is 51.3 Å². The predicted octanol–water partition coefficient (Wildman–Crippen LogP) is 3.09. The number of benzene rings is 1. The van der Waals surface area contributed by atoms with Crippen molar-refractivity contribution in [2.45, 2.75) is 19.4 Å². The number of rotatable bonds is 4. The number of likely N-dealkylation sites (tertiary alicyclic amines) is 1. The van der Waals surface area contributed by atoms with Gasteiger partial charge in [0.1, 0.15) is 5.69 Å². The summed E-state index contributed by atoms with van der Waals surface area (Å²) in [4.78, 5) is 14.9. The zero-order chi connectivity index (χ0) is 16.4. The van der Waals surface area contributed by atoms with Crippen LogP contribution in [0.25, 0.3) is 0 Å². The molecule has 2 aromatic rings. The number of nitrogens with two attached hydrogens (primary N) is 1. The van der Waals surface area contributed by atoms with E-state index in [0.717, 1.165) is 29.8 Å². The summed E-state index contributed by atoms with van der Waals surface area (Å²) in [5, 5.41) is 0. The van der Waals surface area contributed by atoms with Crippen molar-refractivity contribution in [1.82, 2.24) is 9.47 Å². The van der Waals surface area contributed by atoms with E-state index in [0.29, 0.717) is 18.4 Å². The Kier molecular flexibility index (Phi) is 4.87. The minimum atomic E-state index is 0.0921. The molecule has 1 aliphatic heterocycles. The van der Waals surface area contributed by atoms with Gasteiger partial charge in [-0.2, -0.15) is 0 Å². The van der Waals surface area contributed by atoms with Crippen molar-refractivity contribution in [1.29, 1.82) is 0 Å². The van der Waals surface area contributed by atoms with Crippen LogP contribution in [0.1, 0.15) is 28.9 Å². The van der Waals surface area contributed by atoms with Gasteiger partial charge in [-0.05, 0) is 46.9 Å². The molecule has 0 unspecified atom stereocenters. The standard InChI is InChI=1S/C18H22BrN3O/c1-2-21-11-15(19)8-17(21)18(23)22-10-14(9-20)16(12-22)13-6-4-3-5-7-13/h3-8,11,14,16H,2,9-10,12,20H2,1H3/t14-,16+/m1/s1. The summed E-state index contributed by atoms with van der Waals surface area (Å²) in [7, 11) is 0. The highest BCUT2D eigenvalue weighted by atomic mass is 79.9. The number of nitrogens with zero attached hydrogens (tertiary/aromatic N) is 2. The van der Waals surface area contributed by atoms with Crippen LogP contribution in [0.5, 0.6) is 0 Å². The molecule has 1 saturated heterocycles. The summed E-state index contributed by atoms with van der Waals surface area (Å²) in [6.45, 7) is 4.88. The fourth-order valence-corrected chi connectivity index (χ4v) is 3.90. The second-order valence-corrected chi connectivity index (χ2v) is 6.97. The van der Waals surface area contributed by atoms with Gasteiger partial charge in [-0.15, -0.1) is 0 Å². The predicted molar refractivity (Wildman–Crippen MR) is 95.4 cm³/mol. The second kappa shape index (κ2) is 6.89. The van der Waals surface area contributed by atoms with Crippen LogP contribution in [-0.4, -0.2) is 35.0 Å². The van der Waals surface area contributed by atoms with Crippen LogP contribution in [0.3, 0.4) is 0 Å². The summed E-state index contributed by atoms with van der Waals surface area (Å²) < 4.78 is 2.93. The molecule has 3 rings (SSSR count). The summed E-state index contributed by atoms with van der Waals surface area (Å²) in [5.74, 6) is 0.725. The van der Waals surface area contributed by atoms with Gasteiger partial charge in [0.2, 0.25) is 0 Å². The average molecular weight is 376 g/mol. The molecule has 4 nitrogen and oxygen atoms in total. The van der Waals surface area contributed by atoms with E-state index in [4.69, 9.17) is 5.73 Å². The van der Waals surface area contributed by atoms with Crippen LogP contribution in [0, 0.1) is 5.92 Å². The van der Waals surface area contributed by atoms with Crippen molar-refractivity contribution in [3.63, 3.8) is 0 Å². The number of amides is 1. The van der Waals surface area contributed by atoms with E-state index in [1.807, 2.05) is 46.9 Å². The maximum Gasteiger partial charge on any atom is 0.270 e. The van der Waals surface area contributed by atoms with Crippen LogP contribution in [0.4, 0.5) is 0 Å². The minimum absolute atomic E-state index is 0.0921. The monoisotopic (exact) mass is 375 g/mol. The van der Waals surface area contributed by atoms with Crippen molar-refractivity contribution in [3.8, 4) is 0 Å². The molecule has 0 bridgehead atoms. The Bertz CT molecular complexity index is 683. The number of carbonyl (C=O) groups excluding carboxylic acids is 1. The largest absolute Gasteiger partial charge is 0.343 e. The number of halogens is 1. The van der Waals surface area contributed by atoms with Crippen LogP contribution in [-0.2, 0) is 6.54 Å². The Morgan fingerprint density at radius 1 is 1.30 bits per heavy atom. The highest BCUT2D eigenvalue weighted by molar-refractivity contribution is 9.10. The van der Waals surface area contributed by atoms with Crippen LogP contribution < -0.4 is 5.73 Å². The number of hydrogen-bond acceptors (Lipinski definition) is 2. The number of carbonyl (C=O) groups is 1. The summed E-state index contributed by atoms with van der Waals surface area (Å²) in [5.41, 5.74) is 7.98. The Labute approximate surface area is 145 Å². The number of aromatic nitrogens is 1. The second-order valence-electron chi connectivity index (χ2n) is 6.05. The molecule has 1 aliphatic rings. The number of hydrogen-bond donors (Lipinski definition) is 1. The van der Waals surface area contributed by atoms with E-state index in [2.05, 4.69) is 28.1 Å². The maximum atomic E-state index is 12.9. The molecule has 0 radical (unpaired) electrons. The Morgan fingerprint density at radius 3 is 2.70 bits per heavy atom. The van der Waals surface area contributed by atoms with Crippen molar-refractivity contribution in [3.05, 3.63) is 58.3 Å². The molecule has 2 atom stereocenters. The fourth-order valence-electron chi connectivity index (χ4n) is 3.43. The molecule has 5 heteroatoms. The van der Waals surface area contributed by atoms with Crippen molar-refractivity contribution < 1.29 is 4.79 Å². The Hall–Kier alpha value is -1.59. The summed E-state index contributed by atoms with van der Waals surface area (Å²) in [6.07, 6.45) is 1.96. The lowest BCUT2D eigenvalue weighted by Crippen LogP contribution is -2.31. The molecule has 0 spiro atoms. The van der Waals surface area contributed by atoms with Crippen molar-refractivity contribution in [2.24, 2.45) is 11.7 Å². The first-order valence-electron chi connectivity index (χ1n) is 8.04. The first kappa shape index (κ1) is 16.3. The zero-order valence-corrected chi connectivity index (χ0v) is 14.9. The first-order chi connectivity index (χ1) is 11.1. The van der Waals surface area contributed by atoms with Crippen LogP contribution in [0.15, 0.2) is 47.1 Å². The summed E-state index contributed by atoms with van der Waals surface area (Å²) in [6, 6.07) is 12.3. The normalized spacial score (nSPS) is 20.9. The van der Waals surface area contributed by atoms with Gasteiger partial charge in [0, 0.05) is 36.2 Å². The van der Waals surface area contributed by atoms with E-state index < -0.39 is 0 Å². The maximum absolute atomic E-state index is 12.9. The molecule has 0 aliphatic carbocycles. The van der Waals surface area contributed by atoms with E-state index >= 15 is 0 Å². The van der Waals surface area contributed by atoms with Gasteiger partial charge in [0.15, 0.2) is 0 Å². The fraction of sp³-hybridized carbons (Fsp3) is 0.389. The van der Waals surface area contributed by atoms with E-state index in [1.54, 1.807) is 0 Å². The molecule has 1 amide bonds. The highest BCUT2D eigenvalue weighted by Gasteiger charge is 2.36. The third kappa shape index (κ3) is 3.21. The Morgan fingerprint density at radius 2 is 2.04 bits per heavy atom. The first-order valence-corrected chi connectivity index (χ1v) is 8.83. The van der Waals surface area contributed by atoms with Gasteiger partial charge < -0.3 is 15.2 Å². The lowest BCUT2D eigenvalue weighted by Gasteiger charge is -2.17. The van der Waals surface area contributed by atoms with Crippen molar-refractivity contribution in [2.75, 3.05) is 19.6 Å². The third-order valence-electron chi connectivity index (χ3n) is 4.68. The van der Waals surface area contributed by atoms with Gasteiger partial charge in [-0.1, -0.05) is 30.3 Å².